The molecule has 1 amide bonds. The lowest BCUT2D eigenvalue weighted by atomic mass is 9.96. The Morgan fingerprint density at radius 2 is 2.09 bits per heavy atom. The van der Waals surface area contributed by atoms with Crippen molar-refractivity contribution in [2.45, 2.75) is 19.8 Å². The minimum atomic E-state index is -0.479. The van der Waals surface area contributed by atoms with E-state index in [1.807, 2.05) is 7.05 Å². The Morgan fingerprint density at radius 3 is 2.68 bits per heavy atom. The molecule has 1 aromatic carbocycles. The van der Waals surface area contributed by atoms with Crippen molar-refractivity contribution >= 4 is 18.3 Å². The second-order valence-electron chi connectivity index (χ2n) is 5.34. The highest BCUT2D eigenvalue weighted by Gasteiger charge is 2.26. The number of piperidine rings is 1. The molecule has 0 aromatic heterocycles. The van der Waals surface area contributed by atoms with Crippen LogP contribution in [0.15, 0.2) is 18.2 Å². The van der Waals surface area contributed by atoms with Crippen molar-refractivity contribution in [2.24, 2.45) is 5.92 Å². The summed E-state index contributed by atoms with van der Waals surface area (Å²) in [5.41, 5.74) is 0.323. The van der Waals surface area contributed by atoms with Gasteiger partial charge in [-0.3, -0.25) is 4.79 Å². The smallest absolute Gasteiger partial charge is 0.257 e. The Morgan fingerprint density at radius 1 is 1.41 bits per heavy atom. The Bertz CT molecular complexity index is 491. The highest BCUT2D eigenvalue weighted by atomic mass is 35.5. The summed E-state index contributed by atoms with van der Waals surface area (Å²) in [4.78, 5) is 14.4. The van der Waals surface area contributed by atoms with Gasteiger partial charge in [-0.25, -0.2) is 4.39 Å². The summed E-state index contributed by atoms with van der Waals surface area (Å²) < 4.78 is 19.1. The Balaban J connectivity index is 0.00000242. The Labute approximate surface area is 137 Å². The molecular weight excluding hydrogens is 307 g/mol. The molecular formula is C16H24ClFN2O2. The fourth-order valence-corrected chi connectivity index (χ4v) is 2.77. The maximum Gasteiger partial charge on any atom is 0.257 e. The molecule has 0 aliphatic carbocycles. The number of nitrogens with one attached hydrogen (secondary N) is 1. The van der Waals surface area contributed by atoms with Gasteiger partial charge in [0.2, 0.25) is 0 Å². The largest absolute Gasteiger partial charge is 0.490 e. The van der Waals surface area contributed by atoms with E-state index >= 15 is 0 Å². The van der Waals surface area contributed by atoms with Crippen LogP contribution in [-0.4, -0.2) is 44.1 Å². The minimum absolute atomic E-state index is 0. The van der Waals surface area contributed by atoms with Gasteiger partial charge in [-0.15, -0.1) is 12.4 Å². The van der Waals surface area contributed by atoms with Crippen LogP contribution in [0.1, 0.15) is 30.1 Å². The maximum atomic E-state index is 13.8. The number of hydrogen-bond acceptors (Lipinski definition) is 3. The number of nitrogens with zero attached hydrogens (tertiary/aromatic N) is 1. The molecule has 0 saturated carbocycles. The van der Waals surface area contributed by atoms with Crippen molar-refractivity contribution in [3.8, 4) is 5.75 Å². The lowest BCUT2D eigenvalue weighted by molar-refractivity contribution is 0.0686. The van der Waals surface area contributed by atoms with Gasteiger partial charge < -0.3 is 15.0 Å². The molecule has 1 heterocycles. The molecule has 124 valence electrons. The molecule has 1 fully saturated rings. The summed E-state index contributed by atoms with van der Waals surface area (Å²) in [6.07, 6.45) is 1.96. The van der Waals surface area contributed by atoms with Crippen LogP contribution >= 0.6 is 12.4 Å². The first kappa shape index (κ1) is 18.7. The molecule has 1 N–H and O–H groups in total. The van der Waals surface area contributed by atoms with E-state index in [-0.39, 0.29) is 24.1 Å². The van der Waals surface area contributed by atoms with Crippen molar-refractivity contribution in [3.63, 3.8) is 0 Å². The lowest BCUT2D eigenvalue weighted by Gasteiger charge is -2.32. The first-order valence-electron chi connectivity index (χ1n) is 7.52. The summed E-state index contributed by atoms with van der Waals surface area (Å²) in [5.74, 6) is 0.0638. The lowest BCUT2D eigenvalue weighted by Crippen LogP contribution is -2.40. The van der Waals surface area contributed by atoms with Crippen molar-refractivity contribution in [1.29, 1.82) is 0 Å². The zero-order chi connectivity index (χ0) is 15.2. The Hall–Kier alpha value is -1.33. The third-order valence-corrected chi connectivity index (χ3v) is 3.88. The van der Waals surface area contributed by atoms with Crippen LogP contribution in [0.5, 0.6) is 5.75 Å². The van der Waals surface area contributed by atoms with Crippen LogP contribution in [-0.2, 0) is 0 Å². The van der Waals surface area contributed by atoms with E-state index in [4.69, 9.17) is 4.74 Å². The first-order chi connectivity index (χ1) is 10.2. The van der Waals surface area contributed by atoms with Gasteiger partial charge in [0.1, 0.15) is 0 Å². The number of halogens is 2. The predicted molar refractivity (Wildman–Crippen MR) is 87.4 cm³/mol. The zero-order valence-corrected chi connectivity index (χ0v) is 13.9. The Kier molecular flexibility index (Phi) is 7.62. The molecule has 1 saturated heterocycles. The quantitative estimate of drug-likeness (QED) is 0.902. The average Bonchev–Trinajstić information content (AvgIpc) is 2.50. The number of ether oxygens (including phenoxy) is 1. The van der Waals surface area contributed by atoms with Crippen LogP contribution < -0.4 is 10.1 Å². The van der Waals surface area contributed by atoms with E-state index in [1.165, 1.54) is 6.07 Å². The van der Waals surface area contributed by atoms with E-state index in [2.05, 4.69) is 5.32 Å². The minimum Gasteiger partial charge on any atom is -0.490 e. The van der Waals surface area contributed by atoms with Crippen molar-refractivity contribution in [1.82, 2.24) is 10.2 Å². The van der Waals surface area contributed by atoms with Crippen LogP contribution in [0, 0.1) is 11.7 Å². The molecule has 0 spiro atoms. The second kappa shape index (κ2) is 8.96. The average molecular weight is 331 g/mol. The summed E-state index contributed by atoms with van der Waals surface area (Å²) >= 11 is 0. The molecule has 22 heavy (non-hydrogen) atoms. The van der Waals surface area contributed by atoms with Crippen LogP contribution in [0.2, 0.25) is 0 Å². The van der Waals surface area contributed by atoms with E-state index in [0.717, 1.165) is 19.4 Å². The normalized spacial score (nSPS) is 15.3. The van der Waals surface area contributed by atoms with E-state index in [0.29, 0.717) is 31.2 Å². The number of hydrogen-bond donors (Lipinski definition) is 1. The second-order valence-corrected chi connectivity index (χ2v) is 5.34. The summed E-state index contributed by atoms with van der Waals surface area (Å²) in [6, 6.07) is 4.51. The SMILES string of the molecule is CCOc1c(F)cccc1C(=O)N1CCC(CNC)CC1.Cl. The summed E-state index contributed by atoms with van der Waals surface area (Å²) in [7, 11) is 1.94. The topological polar surface area (TPSA) is 41.6 Å². The van der Waals surface area contributed by atoms with Crippen molar-refractivity contribution in [2.75, 3.05) is 33.3 Å². The molecule has 0 radical (unpaired) electrons. The highest BCUT2D eigenvalue weighted by molar-refractivity contribution is 5.97. The monoisotopic (exact) mass is 330 g/mol. The van der Waals surface area contributed by atoms with Crippen LogP contribution in [0.3, 0.4) is 0 Å². The number of carbonyl (C=O) groups is 1. The van der Waals surface area contributed by atoms with Gasteiger partial charge >= 0.3 is 0 Å². The first-order valence-corrected chi connectivity index (χ1v) is 7.52. The molecule has 4 nitrogen and oxygen atoms in total. The van der Waals surface area contributed by atoms with Gasteiger partial charge in [0.25, 0.3) is 5.91 Å². The van der Waals surface area contributed by atoms with Crippen molar-refractivity contribution < 1.29 is 13.9 Å². The van der Waals surface area contributed by atoms with Gasteiger partial charge in [-0.1, -0.05) is 6.07 Å². The molecule has 0 atom stereocenters. The van der Waals surface area contributed by atoms with Gasteiger partial charge in [0.15, 0.2) is 11.6 Å². The van der Waals surface area contributed by atoms with Crippen LogP contribution in [0.25, 0.3) is 0 Å². The molecule has 1 aromatic rings. The summed E-state index contributed by atoms with van der Waals surface area (Å²) in [6.45, 7) is 4.53. The van der Waals surface area contributed by atoms with Crippen molar-refractivity contribution in [3.05, 3.63) is 29.6 Å². The molecule has 2 rings (SSSR count). The standard InChI is InChI=1S/C16H23FN2O2.ClH/c1-3-21-15-13(5-4-6-14(15)17)16(20)19-9-7-12(8-10-19)11-18-2;/h4-6,12,18H,3,7-11H2,1-2H3;1H. The van der Waals surface area contributed by atoms with E-state index in [9.17, 15) is 9.18 Å². The number of para-hydroxylation sites is 1. The number of carbonyl (C=O) groups excluding carboxylic acids is 1. The third kappa shape index (κ3) is 4.34. The van der Waals surface area contributed by atoms with Crippen LogP contribution in [0.4, 0.5) is 4.39 Å². The van der Waals surface area contributed by atoms with Gasteiger partial charge in [-0.05, 0) is 51.4 Å². The van der Waals surface area contributed by atoms with E-state index < -0.39 is 5.82 Å². The molecule has 6 heteroatoms. The van der Waals surface area contributed by atoms with Gasteiger partial charge in [0.05, 0.1) is 12.2 Å². The highest BCUT2D eigenvalue weighted by Crippen LogP contribution is 2.26. The van der Waals surface area contributed by atoms with Gasteiger partial charge in [0, 0.05) is 13.1 Å². The number of likely N-dealkylation sites (tertiary alicyclic amines) is 1. The molecule has 1 aliphatic rings. The predicted octanol–water partition coefficient (Wildman–Crippen LogP) is 2.72. The molecule has 0 bridgehead atoms. The number of amides is 1. The zero-order valence-electron chi connectivity index (χ0n) is 13.1. The molecule has 1 aliphatic heterocycles. The third-order valence-electron chi connectivity index (χ3n) is 3.88. The number of rotatable bonds is 5. The molecule has 0 unspecified atom stereocenters. The fourth-order valence-electron chi connectivity index (χ4n) is 2.77. The van der Waals surface area contributed by atoms with Gasteiger partial charge in [-0.2, -0.15) is 0 Å². The van der Waals surface area contributed by atoms with E-state index in [1.54, 1.807) is 24.0 Å². The number of benzene rings is 1. The fraction of sp³-hybridized carbons (Fsp3) is 0.562. The maximum absolute atomic E-state index is 13.8. The summed E-state index contributed by atoms with van der Waals surface area (Å²) in [5, 5.41) is 3.17.